The minimum atomic E-state index is -0.500. The molecule has 1 N–H and O–H groups in total. The van der Waals surface area contributed by atoms with E-state index in [0.29, 0.717) is 75.0 Å². The summed E-state index contributed by atoms with van der Waals surface area (Å²) in [4.78, 5) is 58.5. The first-order chi connectivity index (χ1) is 15.3. The first-order valence-electron chi connectivity index (χ1n) is 11.1. The van der Waals surface area contributed by atoms with E-state index in [1.165, 1.54) is 4.90 Å². The first kappa shape index (κ1) is 23.9. The molecular formula is C22H32N4O6. The minimum Gasteiger partial charge on any atom is -0.462 e. The largest absolute Gasteiger partial charge is 0.462 e. The third-order valence-electron chi connectivity index (χ3n) is 6.17. The van der Waals surface area contributed by atoms with Gasteiger partial charge in [0, 0.05) is 45.0 Å². The van der Waals surface area contributed by atoms with Crippen LogP contribution in [0.15, 0.2) is 0 Å². The van der Waals surface area contributed by atoms with E-state index in [1.807, 2.05) is 11.8 Å². The Morgan fingerprint density at radius 1 is 0.969 bits per heavy atom. The number of ether oxygens (including phenoxy) is 2. The number of hydrogen-bond donors (Lipinski definition) is 1. The number of aryl methyl sites for hydroxylation is 1. The molecule has 1 aromatic heterocycles. The molecule has 2 fully saturated rings. The third-order valence-corrected chi connectivity index (χ3v) is 6.17. The van der Waals surface area contributed by atoms with Crippen molar-refractivity contribution >= 4 is 23.6 Å². The number of morpholine rings is 1. The number of nitrogens with zero attached hydrogens (tertiary/aromatic N) is 3. The number of carbonyl (C=O) groups is 4. The van der Waals surface area contributed by atoms with E-state index in [1.54, 1.807) is 25.7 Å². The van der Waals surface area contributed by atoms with Crippen LogP contribution < -0.4 is 0 Å². The maximum absolute atomic E-state index is 13.2. The van der Waals surface area contributed by atoms with Crippen molar-refractivity contribution in [1.82, 2.24) is 19.7 Å². The summed E-state index contributed by atoms with van der Waals surface area (Å²) in [6.45, 7) is 10.8. The van der Waals surface area contributed by atoms with Crippen LogP contribution in [-0.4, -0.2) is 108 Å². The number of ketones is 1. The van der Waals surface area contributed by atoms with Gasteiger partial charge in [-0.15, -0.1) is 0 Å². The van der Waals surface area contributed by atoms with E-state index in [2.05, 4.69) is 4.98 Å². The molecule has 3 rings (SSSR count). The molecule has 32 heavy (non-hydrogen) atoms. The van der Waals surface area contributed by atoms with Crippen LogP contribution in [0.3, 0.4) is 0 Å². The molecule has 176 valence electrons. The normalized spacial score (nSPS) is 18.4. The van der Waals surface area contributed by atoms with Gasteiger partial charge in [-0.1, -0.05) is 0 Å². The van der Waals surface area contributed by atoms with Crippen LogP contribution in [0.5, 0.6) is 0 Å². The molecule has 2 amide bonds. The van der Waals surface area contributed by atoms with Gasteiger partial charge in [0.2, 0.25) is 0 Å². The van der Waals surface area contributed by atoms with Crippen molar-refractivity contribution in [2.45, 2.75) is 33.7 Å². The number of hydrogen-bond acceptors (Lipinski definition) is 7. The van der Waals surface area contributed by atoms with Gasteiger partial charge < -0.3 is 24.3 Å². The Bertz CT molecular complexity index is 881. The second-order valence-electron chi connectivity index (χ2n) is 8.12. The Labute approximate surface area is 187 Å². The lowest BCUT2D eigenvalue weighted by atomic mass is 10.0. The number of rotatable bonds is 5. The number of nitrogens with one attached hydrogen (secondary N) is 1. The number of Topliss-reactive ketones (excluding diaryl/α,β-unsaturated/α-hetero) is 1. The van der Waals surface area contributed by atoms with Crippen molar-refractivity contribution in [2.24, 2.45) is 0 Å². The highest BCUT2D eigenvalue weighted by Gasteiger charge is 2.34. The van der Waals surface area contributed by atoms with Gasteiger partial charge in [-0.25, -0.2) is 4.79 Å². The SMILES string of the molecule is CCOC(=O)c1c(C)[nH]c(C(=O)C(C)N2CCN(C(=O)C(=O)N3CCOCC3)CC2)c1C. The van der Waals surface area contributed by atoms with Crippen molar-refractivity contribution in [3.63, 3.8) is 0 Å². The summed E-state index contributed by atoms with van der Waals surface area (Å²) in [5.74, 6) is -1.55. The Morgan fingerprint density at radius 3 is 2.09 bits per heavy atom. The molecule has 10 nitrogen and oxygen atoms in total. The quantitative estimate of drug-likeness (QED) is 0.394. The van der Waals surface area contributed by atoms with Crippen molar-refractivity contribution < 1.29 is 28.7 Å². The lowest BCUT2D eigenvalue weighted by Crippen LogP contribution is -2.56. The molecule has 2 aliphatic heterocycles. The summed E-state index contributed by atoms with van der Waals surface area (Å²) in [5.41, 5.74) is 2.00. The van der Waals surface area contributed by atoms with E-state index in [-0.39, 0.29) is 12.4 Å². The number of piperazine rings is 1. The summed E-state index contributed by atoms with van der Waals surface area (Å²) in [6.07, 6.45) is 0. The molecule has 1 unspecified atom stereocenters. The summed E-state index contributed by atoms with van der Waals surface area (Å²) in [5, 5.41) is 0. The van der Waals surface area contributed by atoms with Gasteiger partial charge in [0.05, 0.1) is 37.1 Å². The molecule has 0 radical (unpaired) electrons. The monoisotopic (exact) mass is 448 g/mol. The lowest BCUT2D eigenvalue weighted by molar-refractivity contribution is -0.155. The fourth-order valence-corrected chi connectivity index (χ4v) is 4.23. The van der Waals surface area contributed by atoms with Crippen LogP contribution in [0.2, 0.25) is 0 Å². The van der Waals surface area contributed by atoms with Gasteiger partial charge in [0.1, 0.15) is 0 Å². The van der Waals surface area contributed by atoms with Crippen LogP contribution in [0, 0.1) is 13.8 Å². The number of aromatic nitrogens is 1. The van der Waals surface area contributed by atoms with Gasteiger partial charge >= 0.3 is 17.8 Å². The van der Waals surface area contributed by atoms with Crippen LogP contribution in [0.25, 0.3) is 0 Å². The predicted octanol–water partition coefficient (Wildman–Crippen LogP) is 0.382. The average Bonchev–Trinajstić information content (AvgIpc) is 3.11. The van der Waals surface area contributed by atoms with Gasteiger partial charge in [-0.05, 0) is 33.3 Å². The van der Waals surface area contributed by atoms with E-state index in [4.69, 9.17) is 9.47 Å². The molecular weight excluding hydrogens is 416 g/mol. The molecule has 1 atom stereocenters. The van der Waals surface area contributed by atoms with E-state index in [0.717, 1.165) is 0 Å². The molecule has 3 heterocycles. The smallest absolute Gasteiger partial charge is 0.340 e. The molecule has 2 saturated heterocycles. The second-order valence-corrected chi connectivity index (χ2v) is 8.12. The highest BCUT2D eigenvalue weighted by molar-refractivity contribution is 6.34. The molecule has 1 aromatic rings. The highest BCUT2D eigenvalue weighted by Crippen LogP contribution is 2.22. The second kappa shape index (κ2) is 10.3. The van der Waals surface area contributed by atoms with Crippen LogP contribution in [0.4, 0.5) is 0 Å². The summed E-state index contributed by atoms with van der Waals surface area (Å²) < 4.78 is 10.3. The standard InChI is InChI=1S/C22H32N4O6/c1-5-32-22(30)17-14(2)18(23-15(17)3)19(27)16(4)24-6-8-25(9-7-24)20(28)21(29)26-10-12-31-13-11-26/h16,23H,5-13H2,1-4H3. The fourth-order valence-electron chi connectivity index (χ4n) is 4.23. The maximum Gasteiger partial charge on any atom is 0.340 e. The molecule has 0 spiro atoms. The van der Waals surface area contributed by atoms with Gasteiger partial charge in [0.25, 0.3) is 0 Å². The van der Waals surface area contributed by atoms with Crippen molar-refractivity contribution in [1.29, 1.82) is 0 Å². The third kappa shape index (κ3) is 4.86. The number of carbonyl (C=O) groups excluding carboxylic acids is 4. The van der Waals surface area contributed by atoms with Crippen molar-refractivity contribution in [3.8, 4) is 0 Å². The van der Waals surface area contributed by atoms with Crippen molar-refractivity contribution in [3.05, 3.63) is 22.5 Å². The summed E-state index contributed by atoms with van der Waals surface area (Å²) >= 11 is 0. The zero-order valence-corrected chi connectivity index (χ0v) is 19.2. The Morgan fingerprint density at radius 2 is 1.53 bits per heavy atom. The van der Waals surface area contributed by atoms with Crippen molar-refractivity contribution in [2.75, 3.05) is 59.1 Å². The molecule has 2 aliphatic rings. The van der Waals surface area contributed by atoms with Gasteiger partial charge in [-0.2, -0.15) is 0 Å². The Kier molecular flexibility index (Phi) is 7.68. The summed E-state index contributed by atoms with van der Waals surface area (Å²) in [7, 11) is 0. The summed E-state index contributed by atoms with van der Waals surface area (Å²) in [6, 6.07) is -0.436. The topological polar surface area (TPSA) is 112 Å². The van der Waals surface area contributed by atoms with Crippen LogP contribution >= 0.6 is 0 Å². The maximum atomic E-state index is 13.2. The van der Waals surface area contributed by atoms with E-state index in [9.17, 15) is 19.2 Å². The number of amides is 2. The Hall–Kier alpha value is -2.72. The first-order valence-corrected chi connectivity index (χ1v) is 11.1. The van der Waals surface area contributed by atoms with Gasteiger partial charge in [0.15, 0.2) is 5.78 Å². The van der Waals surface area contributed by atoms with Crippen LogP contribution in [-0.2, 0) is 19.1 Å². The van der Waals surface area contributed by atoms with Crippen LogP contribution in [0.1, 0.15) is 46.0 Å². The average molecular weight is 449 g/mol. The minimum absolute atomic E-state index is 0.120. The number of esters is 1. The lowest BCUT2D eigenvalue weighted by Gasteiger charge is -2.38. The molecule has 0 saturated carbocycles. The number of H-pyrrole nitrogens is 1. The number of aromatic amines is 1. The predicted molar refractivity (Wildman–Crippen MR) is 116 cm³/mol. The van der Waals surface area contributed by atoms with E-state index < -0.39 is 23.8 Å². The highest BCUT2D eigenvalue weighted by atomic mass is 16.5. The molecule has 0 aromatic carbocycles. The molecule has 0 aliphatic carbocycles. The Balaban J connectivity index is 1.60. The zero-order valence-electron chi connectivity index (χ0n) is 19.2. The molecule has 0 bridgehead atoms. The fraction of sp³-hybridized carbons (Fsp3) is 0.636. The van der Waals surface area contributed by atoms with E-state index >= 15 is 0 Å². The molecule has 10 heteroatoms. The van der Waals surface area contributed by atoms with Gasteiger partial charge in [-0.3, -0.25) is 19.3 Å². The zero-order chi connectivity index (χ0) is 23.4.